The Morgan fingerprint density at radius 3 is 2.48 bits per heavy atom. The van der Waals surface area contributed by atoms with Crippen LogP contribution in [0.1, 0.15) is 66.7 Å². The SMILES string of the molecule is CO[C@H]1O[C@]2(C)OO[C@]13[C@H](CCO[Si](C)(C)C(C)(C)C)CCC[C@@H]3C[C@H]2C. The molecule has 6 atom stereocenters. The summed E-state index contributed by atoms with van der Waals surface area (Å²) in [5.74, 6) is 0.256. The van der Waals surface area contributed by atoms with Gasteiger partial charge in [0.05, 0.1) is 0 Å². The zero-order chi connectivity index (χ0) is 20.1. The van der Waals surface area contributed by atoms with E-state index in [1.54, 1.807) is 7.11 Å². The van der Waals surface area contributed by atoms with Gasteiger partial charge in [-0.3, -0.25) is 0 Å². The summed E-state index contributed by atoms with van der Waals surface area (Å²) in [7, 11) is -0.0219. The first-order valence-corrected chi connectivity index (χ1v) is 13.6. The minimum Gasteiger partial charge on any atom is -0.417 e. The van der Waals surface area contributed by atoms with Crippen molar-refractivity contribution in [3.8, 4) is 0 Å². The van der Waals surface area contributed by atoms with E-state index in [0.29, 0.717) is 11.8 Å². The molecule has 0 unspecified atom stereocenters. The van der Waals surface area contributed by atoms with Gasteiger partial charge in [-0.25, -0.2) is 9.78 Å². The molecule has 3 aliphatic heterocycles. The second-order valence-corrected chi connectivity index (χ2v) is 15.4. The number of methoxy groups -OCH3 is 1. The molecule has 0 aromatic heterocycles. The normalized spacial score (nSPS) is 42.7. The highest BCUT2D eigenvalue weighted by atomic mass is 28.4. The van der Waals surface area contributed by atoms with Crippen molar-refractivity contribution in [2.45, 2.75) is 103 Å². The molecular formula is C21H40O5Si. The fourth-order valence-corrected chi connectivity index (χ4v) is 5.91. The summed E-state index contributed by atoms with van der Waals surface area (Å²) in [4.78, 5) is 12.1. The minimum atomic E-state index is -1.75. The number of ether oxygens (including phenoxy) is 2. The van der Waals surface area contributed by atoms with E-state index in [9.17, 15) is 0 Å². The van der Waals surface area contributed by atoms with Crippen LogP contribution in [0.3, 0.4) is 0 Å². The summed E-state index contributed by atoms with van der Waals surface area (Å²) in [6.07, 6.45) is 5.10. The molecule has 4 fully saturated rings. The van der Waals surface area contributed by atoms with Crippen LogP contribution < -0.4 is 0 Å². The van der Waals surface area contributed by atoms with E-state index in [1.165, 1.54) is 6.42 Å². The predicted molar refractivity (Wildman–Crippen MR) is 108 cm³/mol. The van der Waals surface area contributed by atoms with Crippen LogP contribution in [0, 0.1) is 17.8 Å². The van der Waals surface area contributed by atoms with Crippen molar-refractivity contribution in [2.75, 3.05) is 13.7 Å². The molecule has 4 aliphatic rings. The highest BCUT2D eigenvalue weighted by molar-refractivity contribution is 6.74. The molecule has 1 saturated carbocycles. The third-order valence-corrected chi connectivity index (χ3v) is 12.5. The molecule has 3 saturated heterocycles. The standard InChI is InChI=1S/C21H40O5Si/c1-15-14-17-11-9-10-16(12-13-23-27(7,8)19(2,3)4)21(17)18(22-6)24-20(15,5)25-26-21/h15-18H,9-14H2,1-8H3/t15-,16+,17-,18+,20-,21+/m1/s1. The topological polar surface area (TPSA) is 46.2 Å². The van der Waals surface area contributed by atoms with Gasteiger partial charge in [0.1, 0.15) is 0 Å². The van der Waals surface area contributed by atoms with Gasteiger partial charge < -0.3 is 13.9 Å². The lowest BCUT2D eigenvalue weighted by atomic mass is 9.65. The maximum Gasteiger partial charge on any atom is 0.204 e. The van der Waals surface area contributed by atoms with E-state index in [1.807, 2.05) is 6.92 Å². The molecular weight excluding hydrogens is 360 g/mol. The zero-order valence-corrected chi connectivity index (χ0v) is 19.6. The van der Waals surface area contributed by atoms with Gasteiger partial charge in [0.2, 0.25) is 5.79 Å². The van der Waals surface area contributed by atoms with Gasteiger partial charge in [-0.2, -0.15) is 0 Å². The van der Waals surface area contributed by atoms with Crippen molar-refractivity contribution in [1.82, 2.24) is 0 Å². The summed E-state index contributed by atoms with van der Waals surface area (Å²) in [5, 5.41) is 0.225. The van der Waals surface area contributed by atoms with Gasteiger partial charge in [-0.15, -0.1) is 0 Å². The largest absolute Gasteiger partial charge is 0.417 e. The van der Waals surface area contributed by atoms with Crippen LogP contribution in [0.15, 0.2) is 0 Å². The van der Waals surface area contributed by atoms with E-state index in [-0.39, 0.29) is 17.2 Å². The van der Waals surface area contributed by atoms with Crippen molar-refractivity contribution in [1.29, 1.82) is 0 Å². The quantitative estimate of drug-likeness (QED) is 0.465. The lowest BCUT2D eigenvalue weighted by Gasteiger charge is -2.53. The average Bonchev–Trinajstić information content (AvgIpc) is 2.74. The Labute approximate surface area is 166 Å². The smallest absolute Gasteiger partial charge is 0.204 e. The molecule has 1 aliphatic carbocycles. The van der Waals surface area contributed by atoms with E-state index in [0.717, 1.165) is 32.3 Å². The summed E-state index contributed by atoms with van der Waals surface area (Å²) in [5.41, 5.74) is -0.520. The molecule has 0 aromatic carbocycles. The van der Waals surface area contributed by atoms with Crippen molar-refractivity contribution in [3.05, 3.63) is 0 Å². The lowest BCUT2D eigenvalue weighted by molar-refractivity contribution is -0.560. The van der Waals surface area contributed by atoms with Gasteiger partial charge in [-0.1, -0.05) is 34.1 Å². The Morgan fingerprint density at radius 2 is 1.85 bits per heavy atom. The van der Waals surface area contributed by atoms with Crippen LogP contribution in [0.2, 0.25) is 18.1 Å². The monoisotopic (exact) mass is 400 g/mol. The summed E-state index contributed by atoms with van der Waals surface area (Å²) in [6.45, 7) is 16.4. The van der Waals surface area contributed by atoms with Crippen LogP contribution in [0.25, 0.3) is 0 Å². The summed E-state index contributed by atoms with van der Waals surface area (Å²) in [6, 6.07) is 0. The van der Waals surface area contributed by atoms with Crippen molar-refractivity contribution in [3.63, 3.8) is 0 Å². The van der Waals surface area contributed by atoms with Crippen LogP contribution in [-0.2, 0) is 23.7 Å². The highest BCUT2D eigenvalue weighted by Crippen LogP contribution is 2.56. The van der Waals surface area contributed by atoms with E-state index >= 15 is 0 Å². The molecule has 4 rings (SSSR count). The van der Waals surface area contributed by atoms with E-state index in [2.05, 4.69) is 40.8 Å². The Kier molecular flexibility index (Phi) is 5.93. The molecule has 0 N–H and O–H groups in total. The first kappa shape index (κ1) is 21.7. The van der Waals surface area contributed by atoms with Crippen LogP contribution in [-0.4, -0.2) is 39.7 Å². The first-order chi connectivity index (χ1) is 12.5. The van der Waals surface area contributed by atoms with Crippen molar-refractivity contribution >= 4 is 8.32 Å². The highest BCUT2D eigenvalue weighted by Gasteiger charge is 2.65. The third-order valence-electron chi connectivity index (χ3n) is 7.92. The van der Waals surface area contributed by atoms with Crippen LogP contribution in [0.5, 0.6) is 0 Å². The Hall–Kier alpha value is 0.0169. The second-order valence-electron chi connectivity index (χ2n) is 10.6. The Morgan fingerprint density at radius 1 is 1.15 bits per heavy atom. The maximum absolute atomic E-state index is 6.48. The Balaban J connectivity index is 1.78. The minimum absolute atomic E-state index is 0.225. The average molecular weight is 401 g/mol. The molecule has 3 heterocycles. The Bertz CT molecular complexity index is 529. The van der Waals surface area contributed by atoms with Gasteiger partial charge >= 0.3 is 0 Å². The number of fused-ring (bicyclic) bond motifs is 3. The van der Waals surface area contributed by atoms with Crippen molar-refractivity contribution < 1.29 is 23.7 Å². The van der Waals surface area contributed by atoms with Crippen LogP contribution in [0.4, 0.5) is 0 Å². The molecule has 6 heteroatoms. The van der Waals surface area contributed by atoms with Gasteiger partial charge in [0, 0.05) is 19.6 Å². The maximum atomic E-state index is 6.48. The molecule has 2 bridgehead atoms. The predicted octanol–water partition coefficient (Wildman–Crippen LogP) is 5.26. The number of hydrogen-bond donors (Lipinski definition) is 0. The third kappa shape index (κ3) is 3.66. The molecule has 5 nitrogen and oxygen atoms in total. The number of hydrogen-bond acceptors (Lipinski definition) is 5. The number of rotatable bonds is 5. The molecule has 0 amide bonds. The summed E-state index contributed by atoms with van der Waals surface area (Å²) < 4.78 is 18.7. The first-order valence-electron chi connectivity index (χ1n) is 10.7. The molecule has 0 aromatic rings. The zero-order valence-electron chi connectivity index (χ0n) is 18.6. The van der Waals surface area contributed by atoms with E-state index < -0.39 is 19.7 Å². The fraction of sp³-hybridized carbons (Fsp3) is 1.00. The van der Waals surface area contributed by atoms with Gasteiger partial charge in [0.15, 0.2) is 20.2 Å². The van der Waals surface area contributed by atoms with Gasteiger partial charge in [0.25, 0.3) is 0 Å². The van der Waals surface area contributed by atoms with Crippen LogP contribution >= 0.6 is 0 Å². The van der Waals surface area contributed by atoms with Crippen molar-refractivity contribution in [2.24, 2.45) is 17.8 Å². The van der Waals surface area contributed by atoms with Gasteiger partial charge in [-0.05, 0) is 62.6 Å². The van der Waals surface area contributed by atoms with E-state index in [4.69, 9.17) is 23.7 Å². The summed E-state index contributed by atoms with van der Waals surface area (Å²) >= 11 is 0. The molecule has 0 radical (unpaired) electrons. The second kappa shape index (κ2) is 7.37. The fourth-order valence-electron chi connectivity index (χ4n) is 4.85. The molecule has 1 spiro atoms. The lowest BCUT2D eigenvalue weighted by Crippen LogP contribution is -2.63. The molecule has 158 valence electrons. The molecule has 27 heavy (non-hydrogen) atoms.